The number of carboxylic acid groups (broad SMARTS) is 1. The second-order valence-corrected chi connectivity index (χ2v) is 5.53. The maximum Gasteiger partial charge on any atom is 0.326 e. The van der Waals surface area contributed by atoms with Crippen LogP contribution in [0.5, 0.6) is 0 Å². The molecule has 1 fully saturated rings. The van der Waals surface area contributed by atoms with Gasteiger partial charge in [-0.1, -0.05) is 34.1 Å². The Balaban J connectivity index is 1.95. The summed E-state index contributed by atoms with van der Waals surface area (Å²) in [7, 11) is 0. The quantitative estimate of drug-likeness (QED) is 0.925. The highest BCUT2D eigenvalue weighted by molar-refractivity contribution is 9.10. The van der Waals surface area contributed by atoms with Crippen LogP contribution in [0.3, 0.4) is 0 Å². The number of halogens is 1. The molecule has 1 aromatic rings. The van der Waals surface area contributed by atoms with Crippen LogP contribution in [0.4, 0.5) is 0 Å². The molecule has 0 bridgehead atoms. The van der Waals surface area contributed by atoms with Crippen molar-refractivity contribution in [2.24, 2.45) is 0 Å². The number of benzene rings is 1. The first kappa shape index (κ1) is 14.1. The van der Waals surface area contributed by atoms with Crippen molar-refractivity contribution in [3.63, 3.8) is 0 Å². The Morgan fingerprint density at radius 3 is 2.79 bits per heavy atom. The number of hydrogen-bond donors (Lipinski definition) is 1. The van der Waals surface area contributed by atoms with E-state index in [2.05, 4.69) is 15.9 Å². The van der Waals surface area contributed by atoms with Gasteiger partial charge in [-0.3, -0.25) is 4.79 Å². The van der Waals surface area contributed by atoms with Gasteiger partial charge in [-0.05, 0) is 30.9 Å². The highest BCUT2D eigenvalue weighted by Gasteiger charge is 2.33. The van der Waals surface area contributed by atoms with E-state index in [0.717, 1.165) is 16.5 Å². The van der Waals surface area contributed by atoms with Crippen molar-refractivity contribution in [1.29, 1.82) is 0 Å². The van der Waals surface area contributed by atoms with Crippen LogP contribution in [0.15, 0.2) is 28.7 Å². The standard InChI is InChI=1S/C14H16BrNO3/c15-11-5-2-1-4-10(11)7-8-13(17)16-9-3-6-12(16)14(18)19/h1-2,4-5,12H,3,6-9H2,(H,18,19)/t12-/m1/s1. The summed E-state index contributed by atoms with van der Waals surface area (Å²) in [5.74, 6) is -0.965. The molecule has 0 aliphatic carbocycles. The minimum absolute atomic E-state index is 0.0688. The molecular weight excluding hydrogens is 310 g/mol. The van der Waals surface area contributed by atoms with Gasteiger partial charge >= 0.3 is 5.97 Å². The maximum absolute atomic E-state index is 12.1. The molecule has 1 heterocycles. The molecule has 0 radical (unpaired) electrons. The van der Waals surface area contributed by atoms with E-state index in [1.165, 1.54) is 4.90 Å². The Hall–Kier alpha value is -1.36. The SMILES string of the molecule is O=C(O)[C@H]1CCCN1C(=O)CCc1ccccc1Br. The van der Waals surface area contributed by atoms with Crippen LogP contribution in [0, 0.1) is 0 Å². The van der Waals surface area contributed by atoms with E-state index >= 15 is 0 Å². The molecule has 1 saturated heterocycles. The zero-order valence-corrected chi connectivity index (χ0v) is 12.1. The summed E-state index contributed by atoms with van der Waals surface area (Å²) in [6.45, 7) is 0.561. The first-order valence-corrected chi connectivity index (χ1v) is 7.14. The fourth-order valence-electron chi connectivity index (χ4n) is 2.41. The molecule has 1 aromatic carbocycles. The monoisotopic (exact) mass is 325 g/mol. The number of amides is 1. The predicted octanol–water partition coefficient (Wildman–Crippen LogP) is 2.46. The number of likely N-dealkylation sites (tertiary alicyclic amines) is 1. The molecule has 19 heavy (non-hydrogen) atoms. The van der Waals surface area contributed by atoms with Crippen molar-refractivity contribution < 1.29 is 14.7 Å². The summed E-state index contributed by atoms with van der Waals surface area (Å²) in [5.41, 5.74) is 1.07. The first-order valence-electron chi connectivity index (χ1n) is 6.35. The lowest BCUT2D eigenvalue weighted by atomic mass is 10.1. The first-order chi connectivity index (χ1) is 9.09. The van der Waals surface area contributed by atoms with Gasteiger partial charge in [-0.15, -0.1) is 0 Å². The topological polar surface area (TPSA) is 57.6 Å². The van der Waals surface area contributed by atoms with Crippen molar-refractivity contribution in [3.8, 4) is 0 Å². The van der Waals surface area contributed by atoms with E-state index in [1.54, 1.807) is 0 Å². The van der Waals surface area contributed by atoms with Gasteiger partial charge in [-0.25, -0.2) is 4.79 Å². The highest BCUT2D eigenvalue weighted by Crippen LogP contribution is 2.21. The van der Waals surface area contributed by atoms with E-state index < -0.39 is 12.0 Å². The third-order valence-corrected chi connectivity index (χ3v) is 4.20. The Labute approximate surface area is 120 Å². The number of carbonyl (C=O) groups excluding carboxylic acids is 1. The average Bonchev–Trinajstić information content (AvgIpc) is 2.87. The molecule has 1 aliphatic heterocycles. The minimum atomic E-state index is -0.897. The molecule has 4 nitrogen and oxygen atoms in total. The molecule has 0 spiro atoms. The normalized spacial score (nSPS) is 18.6. The molecular formula is C14H16BrNO3. The predicted molar refractivity (Wildman–Crippen MR) is 74.8 cm³/mol. The number of nitrogens with zero attached hydrogens (tertiary/aromatic N) is 1. The number of carboxylic acids is 1. The lowest BCUT2D eigenvalue weighted by molar-refractivity contribution is -0.148. The van der Waals surface area contributed by atoms with Gasteiger partial charge in [0, 0.05) is 17.4 Å². The van der Waals surface area contributed by atoms with Crippen molar-refractivity contribution in [2.75, 3.05) is 6.54 Å². The molecule has 0 aromatic heterocycles. The van der Waals surface area contributed by atoms with E-state index in [9.17, 15) is 9.59 Å². The van der Waals surface area contributed by atoms with Crippen LogP contribution >= 0.6 is 15.9 Å². The Morgan fingerprint density at radius 1 is 1.37 bits per heavy atom. The molecule has 5 heteroatoms. The molecule has 2 rings (SSSR count). The summed E-state index contributed by atoms with van der Waals surface area (Å²) < 4.78 is 0.985. The van der Waals surface area contributed by atoms with Gasteiger partial charge in [0.05, 0.1) is 0 Å². The van der Waals surface area contributed by atoms with E-state index in [4.69, 9.17) is 5.11 Å². The third kappa shape index (κ3) is 3.35. The summed E-state index contributed by atoms with van der Waals surface area (Å²) in [5, 5.41) is 9.06. The number of hydrogen-bond acceptors (Lipinski definition) is 2. The lowest BCUT2D eigenvalue weighted by Gasteiger charge is -2.21. The fraction of sp³-hybridized carbons (Fsp3) is 0.429. The summed E-state index contributed by atoms with van der Waals surface area (Å²) >= 11 is 3.45. The Kier molecular flexibility index (Phi) is 4.58. The van der Waals surface area contributed by atoms with Crippen LogP contribution < -0.4 is 0 Å². The molecule has 1 amide bonds. The second-order valence-electron chi connectivity index (χ2n) is 4.67. The van der Waals surface area contributed by atoms with Crippen LogP contribution in [-0.4, -0.2) is 34.5 Å². The fourth-order valence-corrected chi connectivity index (χ4v) is 2.89. The van der Waals surface area contributed by atoms with Crippen molar-refractivity contribution >= 4 is 27.8 Å². The van der Waals surface area contributed by atoms with Crippen LogP contribution in [-0.2, 0) is 16.0 Å². The van der Waals surface area contributed by atoms with Gasteiger partial charge in [0.25, 0.3) is 0 Å². The van der Waals surface area contributed by atoms with Crippen molar-refractivity contribution in [3.05, 3.63) is 34.3 Å². The number of carbonyl (C=O) groups is 2. The maximum atomic E-state index is 12.1. The van der Waals surface area contributed by atoms with E-state index in [1.807, 2.05) is 24.3 Å². The van der Waals surface area contributed by atoms with Crippen LogP contribution in [0.25, 0.3) is 0 Å². The van der Waals surface area contributed by atoms with E-state index in [-0.39, 0.29) is 5.91 Å². The molecule has 0 saturated carbocycles. The summed E-state index contributed by atoms with van der Waals surface area (Å²) in [4.78, 5) is 24.6. The molecule has 0 unspecified atom stereocenters. The smallest absolute Gasteiger partial charge is 0.326 e. The largest absolute Gasteiger partial charge is 0.480 e. The molecule has 102 valence electrons. The number of aryl methyl sites for hydroxylation is 1. The molecule has 1 atom stereocenters. The summed E-state index contributed by atoms with van der Waals surface area (Å²) in [6, 6.07) is 7.13. The third-order valence-electron chi connectivity index (χ3n) is 3.42. The summed E-state index contributed by atoms with van der Waals surface area (Å²) in [6.07, 6.45) is 2.32. The number of aliphatic carboxylic acids is 1. The van der Waals surface area contributed by atoms with Crippen LogP contribution in [0.2, 0.25) is 0 Å². The average molecular weight is 326 g/mol. The van der Waals surface area contributed by atoms with Gasteiger partial charge in [0.15, 0.2) is 0 Å². The van der Waals surface area contributed by atoms with Gasteiger partial charge in [0.2, 0.25) is 5.91 Å². The zero-order valence-electron chi connectivity index (χ0n) is 10.5. The van der Waals surface area contributed by atoms with Crippen molar-refractivity contribution in [2.45, 2.75) is 31.7 Å². The Morgan fingerprint density at radius 2 is 2.11 bits per heavy atom. The zero-order chi connectivity index (χ0) is 13.8. The molecule has 1 N–H and O–H groups in total. The molecule has 1 aliphatic rings. The van der Waals surface area contributed by atoms with Gasteiger partial charge in [-0.2, -0.15) is 0 Å². The highest BCUT2D eigenvalue weighted by atomic mass is 79.9. The number of rotatable bonds is 4. The van der Waals surface area contributed by atoms with Gasteiger partial charge in [0.1, 0.15) is 6.04 Å². The Bertz CT molecular complexity index is 489. The van der Waals surface area contributed by atoms with Gasteiger partial charge < -0.3 is 10.0 Å². The minimum Gasteiger partial charge on any atom is -0.480 e. The van der Waals surface area contributed by atoms with Crippen molar-refractivity contribution in [1.82, 2.24) is 4.90 Å². The second kappa shape index (κ2) is 6.19. The van der Waals surface area contributed by atoms with E-state index in [0.29, 0.717) is 25.8 Å². The van der Waals surface area contributed by atoms with Crippen LogP contribution in [0.1, 0.15) is 24.8 Å². The lowest BCUT2D eigenvalue weighted by Crippen LogP contribution is -2.40.